The number of morpholine rings is 1. The van der Waals surface area contributed by atoms with Gasteiger partial charge in [0.1, 0.15) is 5.82 Å². The van der Waals surface area contributed by atoms with Crippen molar-refractivity contribution in [2.24, 2.45) is 4.99 Å². The largest absolute Gasteiger partial charge is 0.379 e. The summed E-state index contributed by atoms with van der Waals surface area (Å²) in [5, 5.41) is 9.03. The number of hydrogen-bond donors (Lipinski definition) is 2. The van der Waals surface area contributed by atoms with Crippen LogP contribution in [0.25, 0.3) is 0 Å². The molecule has 1 saturated heterocycles. The van der Waals surface area contributed by atoms with Crippen molar-refractivity contribution in [3.05, 3.63) is 40.6 Å². The van der Waals surface area contributed by atoms with E-state index in [0.29, 0.717) is 6.04 Å². The topological polar surface area (TPSA) is 66.7 Å². The number of aryl methyl sites for hydroxylation is 2. The summed E-state index contributed by atoms with van der Waals surface area (Å²) < 4.78 is 7.74. The van der Waals surface area contributed by atoms with Crippen LogP contribution in [0.15, 0.2) is 34.9 Å². The molecule has 0 aromatic carbocycles. The second-order valence-electron chi connectivity index (χ2n) is 7.20. The minimum atomic E-state index is 0. The Hall–Kier alpha value is -1.17. The number of imidazole rings is 1. The first-order chi connectivity index (χ1) is 14.3. The molecule has 0 radical (unpaired) electrons. The first-order valence-electron chi connectivity index (χ1n) is 10.6. The van der Waals surface area contributed by atoms with E-state index in [-0.39, 0.29) is 24.0 Å². The van der Waals surface area contributed by atoms with E-state index in [9.17, 15) is 0 Å². The third-order valence-corrected chi connectivity index (χ3v) is 6.14. The summed E-state index contributed by atoms with van der Waals surface area (Å²) in [6, 6.07) is 4.67. The van der Waals surface area contributed by atoms with Gasteiger partial charge in [-0.25, -0.2) is 4.98 Å². The van der Waals surface area contributed by atoms with Crippen LogP contribution in [-0.2, 0) is 11.3 Å². The second-order valence-corrected chi connectivity index (χ2v) is 8.18. The van der Waals surface area contributed by atoms with Gasteiger partial charge in [0.25, 0.3) is 0 Å². The van der Waals surface area contributed by atoms with Gasteiger partial charge < -0.3 is 19.9 Å². The van der Waals surface area contributed by atoms with Gasteiger partial charge in [-0.05, 0) is 38.1 Å². The number of halogens is 1. The van der Waals surface area contributed by atoms with Gasteiger partial charge in [-0.1, -0.05) is 6.07 Å². The van der Waals surface area contributed by atoms with Crippen LogP contribution in [-0.4, -0.2) is 66.3 Å². The number of nitrogens with one attached hydrogen (secondary N) is 2. The lowest BCUT2D eigenvalue weighted by Gasteiger charge is -2.33. The number of unbranched alkanes of at least 4 members (excludes halogenated alkanes) is 1. The molecule has 0 spiro atoms. The average molecular weight is 547 g/mol. The Kier molecular flexibility index (Phi) is 11.7. The highest BCUT2D eigenvalue weighted by atomic mass is 127. The van der Waals surface area contributed by atoms with Crippen molar-refractivity contribution in [1.82, 2.24) is 25.1 Å². The van der Waals surface area contributed by atoms with Gasteiger partial charge in [0.05, 0.1) is 25.8 Å². The normalized spacial score (nSPS) is 16.1. The fourth-order valence-electron chi connectivity index (χ4n) is 3.53. The average Bonchev–Trinajstić information content (AvgIpc) is 3.41. The number of thiophene rings is 1. The summed E-state index contributed by atoms with van der Waals surface area (Å²) in [7, 11) is 0. The Morgan fingerprint density at radius 1 is 1.30 bits per heavy atom. The third kappa shape index (κ3) is 7.82. The van der Waals surface area contributed by atoms with Crippen molar-refractivity contribution < 1.29 is 4.74 Å². The highest BCUT2D eigenvalue weighted by molar-refractivity contribution is 14.0. The predicted octanol–water partition coefficient (Wildman–Crippen LogP) is 3.28. The van der Waals surface area contributed by atoms with Crippen LogP contribution in [0, 0.1) is 6.92 Å². The molecule has 0 saturated carbocycles. The molecule has 0 amide bonds. The molecule has 7 nitrogen and oxygen atoms in total. The molecule has 1 fully saturated rings. The number of rotatable bonds is 10. The van der Waals surface area contributed by atoms with E-state index in [1.54, 1.807) is 0 Å². The van der Waals surface area contributed by atoms with Gasteiger partial charge in [-0.3, -0.25) is 9.89 Å². The van der Waals surface area contributed by atoms with E-state index in [4.69, 9.17) is 9.73 Å². The molecule has 3 heterocycles. The smallest absolute Gasteiger partial charge is 0.191 e. The van der Waals surface area contributed by atoms with Crippen molar-refractivity contribution in [1.29, 1.82) is 0 Å². The standard InChI is InChI=1S/C21H34N6OS.HI/c1-3-22-21(24-8-4-5-10-26-11-9-23-18(26)2)25-17-19(20-7-6-16-29-20)27-12-14-28-15-13-27;/h6-7,9,11,16,19H,3-5,8,10,12-15,17H2,1-2H3,(H2,22,24,25);1H. The zero-order valence-electron chi connectivity index (χ0n) is 18.0. The number of hydrogen-bond acceptors (Lipinski definition) is 5. The molecular weight excluding hydrogens is 511 g/mol. The summed E-state index contributed by atoms with van der Waals surface area (Å²) in [5.74, 6) is 1.98. The SMILES string of the molecule is CCNC(=NCC(c1cccs1)N1CCOCC1)NCCCCn1ccnc1C.I. The van der Waals surface area contributed by atoms with Crippen LogP contribution >= 0.6 is 35.3 Å². The summed E-state index contributed by atoms with van der Waals surface area (Å²) in [4.78, 5) is 13.1. The Morgan fingerprint density at radius 2 is 2.13 bits per heavy atom. The molecule has 2 aromatic heterocycles. The maximum absolute atomic E-state index is 5.54. The first kappa shape index (κ1) is 25.1. The molecule has 2 N–H and O–H groups in total. The monoisotopic (exact) mass is 546 g/mol. The highest BCUT2D eigenvalue weighted by Gasteiger charge is 2.23. The van der Waals surface area contributed by atoms with Crippen molar-refractivity contribution in [2.75, 3.05) is 45.9 Å². The van der Waals surface area contributed by atoms with Crippen molar-refractivity contribution in [3.63, 3.8) is 0 Å². The van der Waals surface area contributed by atoms with Gasteiger partial charge in [-0.2, -0.15) is 0 Å². The number of ether oxygens (including phenoxy) is 1. The molecular formula is C21H35IN6OS. The van der Waals surface area contributed by atoms with Crippen LogP contribution in [0.4, 0.5) is 0 Å². The molecule has 1 aliphatic rings. The molecule has 3 rings (SSSR count). The second kappa shape index (κ2) is 14.0. The van der Waals surface area contributed by atoms with Crippen LogP contribution in [0.1, 0.15) is 36.5 Å². The molecule has 168 valence electrons. The fourth-order valence-corrected chi connectivity index (χ4v) is 4.38. The first-order valence-corrected chi connectivity index (χ1v) is 11.5. The molecule has 9 heteroatoms. The Labute approximate surface area is 201 Å². The molecule has 0 bridgehead atoms. The van der Waals surface area contributed by atoms with Crippen LogP contribution in [0.2, 0.25) is 0 Å². The molecule has 2 aromatic rings. The van der Waals surface area contributed by atoms with E-state index in [1.165, 1.54) is 4.88 Å². The van der Waals surface area contributed by atoms with E-state index in [0.717, 1.165) is 77.1 Å². The predicted molar refractivity (Wildman–Crippen MR) is 135 cm³/mol. The zero-order chi connectivity index (χ0) is 20.3. The molecule has 30 heavy (non-hydrogen) atoms. The summed E-state index contributed by atoms with van der Waals surface area (Å²) in [6.45, 7) is 11.3. The Bertz CT molecular complexity index is 730. The molecule has 1 aliphatic heterocycles. The van der Waals surface area contributed by atoms with Gasteiger partial charge in [0.15, 0.2) is 5.96 Å². The lowest BCUT2D eigenvalue weighted by atomic mass is 10.2. The third-order valence-electron chi connectivity index (χ3n) is 5.17. The number of aromatic nitrogens is 2. The number of aliphatic imine (C=N–C) groups is 1. The Balaban J connectivity index is 0.00000320. The van der Waals surface area contributed by atoms with Crippen molar-refractivity contribution >= 4 is 41.3 Å². The minimum Gasteiger partial charge on any atom is -0.379 e. The lowest BCUT2D eigenvalue weighted by Crippen LogP contribution is -2.41. The van der Waals surface area contributed by atoms with E-state index in [1.807, 2.05) is 30.7 Å². The van der Waals surface area contributed by atoms with E-state index >= 15 is 0 Å². The van der Waals surface area contributed by atoms with Crippen molar-refractivity contribution in [3.8, 4) is 0 Å². The zero-order valence-corrected chi connectivity index (χ0v) is 21.2. The molecule has 1 atom stereocenters. The van der Waals surface area contributed by atoms with Gasteiger partial charge in [0, 0.05) is 50.0 Å². The maximum Gasteiger partial charge on any atom is 0.191 e. The molecule has 1 unspecified atom stereocenters. The number of nitrogens with zero attached hydrogens (tertiary/aromatic N) is 4. The molecule has 0 aliphatic carbocycles. The minimum absolute atomic E-state index is 0. The van der Waals surface area contributed by atoms with E-state index < -0.39 is 0 Å². The lowest BCUT2D eigenvalue weighted by molar-refractivity contribution is 0.0186. The van der Waals surface area contributed by atoms with Crippen LogP contribution in [0.5, 0.6) is 0 Å². The highest BCUT2D eigenvalue weighted by Crippen LogP contribution is 2.26. The number of guanidine groups is 1. The maximum atomic E-state index is 5.54. The van der Waals surface area contributed by atoms with Gasteiger partial charge >= 0.3 is 0 Å². The van der Waals surface area contributed by atoms with Gasteiger partial charge in [-0.15, -0.1) is 35.3 Å². The van der Waals surface area contributed by atoms with Crippen LogP contribution in [0.3, 0.4) is 0 Å². The summed E-state index contributed by atoms with van der Waals surface area (Å²) in [5.41, 5.74) is 0. The quantitative estimate of drug-likeness (QED) is 0.207. The van der Waals surface area contributed by atoms with Crippen LogP contribution < -0.4 is 10.6 Å². The van der Waals surface area contributed by atoms with Crippen molar-refractivity contribution in [2.45, 2.75) is 39.3 Å². The van der Waals surface area contributed by atoms with Gasteiger partial charge in [0.2, 0.25) is 0 Å². The summed E-state index contributed by atoms with van der Waals surface area (Å²) in [6.07, 6.45) is 6.13. The van der Waals surface area contributed by atoms with E-state index in [2.05, 4.69) is 49.5 Å². The summed E-state index contributed by atoms with van der Waals surface area (Å²) >= 11 is 1.81. The Morgan fingerprint density at radius 3 is 2.80 bits per heavy atom. The fraction of sp³-hybridized carbons (Fsp3) is 0.619.